The molecule has 27 heavy (non-hydrogen) atoms. The van der Waals surface area contributed by atoms with Gasteiger partial charge in [0.25, 0.3) is 0 Å². The minimum atomic E-state index is -4.38. The first kappa shape index (κ1) is 19.7. The standard InChI is InChI=1S/C17H23F3N6S/c1-21-16(22-5-3-15-24-14(11-27-15)17(18,19)20)26-6-4-12(10-26)7-13-8-23-25(2)9-13/h8-9,11-12H,3-7,10H2,1-2H3,(H,21,22). The van der Waals surface area contributed by atoms with Gasteiger partial charge in [0.2, 0.25) is 0 Å². The highest BCUT2D eigenvalue weighted by Crippen LogP contribution is 2.30. The van der Waals surface area contributed by atoms with Crippen molar-refractivity contribution in [1.29, 1.82) is 0 Å². The molecular weight excluding hydrogens is 377 g/mol. The van der Waals surface area contributed by atoms with Crippen molar-refractivity contribution in [2.45, 2.75) is 25.4 Å². The second-order valence-electron chi connectivity index (χ2n) is 6.68. The van der Waals surface area contributed by atoms with Crippen LogP contribution in [0.3, 0.4) is 0 Å². The van der Waals surface area contributed by atoms with Gasteiger partial charge in [0.15, 0.2) is 11.7 Å². The number of nitrogens with one attached hydrogen (secondary N) is 1. The SMILES string of the molecule is CN=C(NCCc1nc(C(F)(F)F)cs1)N1CCC(Cc2cnn(C)c2)C1. The lowest BCUT2D eigenvalue weighted by molar-refractivity contribution is -0.140. The molecule has 1 saturated heterocycles. The zero-order chi connectivity index (χ0) is 19.4. The summed E-state index contributed by atoms with van der Waals surface area (Å²) in [6, 6.07) is 0. The van der Waals surface area contributed by atoms with Crippen LogP contribution in [0.25, 0.3) is 0 Å². The molecule has 2 aromatic heterocycles. The van der Waals surface area contributed by atoms with Crippen LogP contribution in [0.5, 0.6) is 0 Å². The first-order valence-electron chi connectivity index (χ1n) is 8.80. The topological polar surface area (TPSA) is 58.3 Å². The number of hydrogen-bond donors (Lipinski definition) is 1. The molecule has 0 amide bonds. The fraction of sp³-hybridized carbons (Fsp3) is 0.588. The maximum Gasteiger partial charge on any atom is 0.434 e. The molecule has 0 aromatic carbocycles. The summed E-state index contributed by atoms with van der Waals surface area (Å²) in [6.07, 6.45) is 2.07. The number of hydrogen-bond acceptors (Lipinski definition) is 4. The highest BCUT2D eigenvalue weighted by molar-refractivity contribution is 7.09. The predicted octanol–water partition coefficient (Wildman–Crippen LogP) is 2.58. The Morgan fingerprint density at radius 2 is 2.26 bits per heavy atom. The Morgan fingerprint density at radius 1 is 1.44 bits per heavy atom. The van der Waals surface area contributed by atoms with Crippen molar-refractivity contribution in [3.05, 3.63) is 34.0 Å². The van der Waals surface area contributed by atoms with Crippen LogP contribution in [0.2, 0.25) is 0 Å². The van der Waals surface area contributed by atoms with E-state index in [1.54, 1.807) is 7.05 Å². The molecule has 0 spiro atoms. The van der Waals surface area contributed by atoms with E-state index in [2.05, 4.69) is 25.3 Å². The third kappa shape index (κ3) is 5.21. The van der Waals surface area contributed by atoms with Gasteiger partial charge in [-0.2, -0.15) is 18.3 Å². The molecular formula is C17H23F3N6S. The van der Waals surface area contributed by atoms with Crippen molar-refractivity contribution in [1.82, 2.24) is 25.0 Å². The van der Waals surface area contributed by atoms with E-state index >= 15 is 0 Å². The predicted molar refractivity (Wildman–Crippen MR) is 98.8 cm³/mol. The van der Waals surface area contributed by atoms with Crippen molar-refractivity contribution in [2.24, 2.45) is 18.0 Å². The van der Waals surface area contributed by atoms with E-state index in [-0.39, 0.29) is 0 Å². The van der Waals surface area contributed by atoms with E-state index in [1.165, 1.54) is 5.56 Å². The van der Waals surface area contributed by atoms with E-state index < -0.39 is 11.9 Å². The van der Waals surface area contributed by atoms with Gasteiger partial charge in [-0.1, -0.05) is 0 Å². The Balaban J connectivity index is 1.46. The maximum atomic E-state index is 12.6. The summed E-state index contributed by atoms with van der Waals surface area (Å²) in [4.78, 5) is 10.2. The van der Waals surface area contributed by atoms with Crippen molar-refractivity contribution >= 4 is 17.3 Å². The van der Waals surface area contributed by atoms with Crippen molar-refractivity contribution in [3.63, 3.8) is 0 Å². The monoisotopic (exact) mass is 400 g/mol. The van der Waals surface area contributed by atoms with Gasteiger partial charge in [0.1, 0.15) is 0 Å². The number of halogens is 3. The molecule has 148 valence electrons. The Bertz CT molecular complexity index is 782. The lowest BCUT2D eigenvalue weighted by Crippen LogP contribution is -2.41. The average Bonchev–Trinajstić information content (AvgIpc) is 3.33. The molecule has 0 bridgehead atoms. The zero-order valence-corrected chi connectivity index (χ0v) is 16.1. The number of aromatic nitrogens is 3. The van der Waals surface area contributed by atoms with Crippen LogP contribution in [0, 0.1) is 5.92 Å². The Kier molecular flexibility index (Phi) is 6.03. The van der Waals surface area contributed by atoms with Gasteiger partial charge in [0, 0.05) is 51.7 Å². The highest BCUT2D eigenvalue weighted by atomic mass is 32.1. The van der Waals surface area contributed by atoms with Crippen LogP contribution in [-0.2, 0) is 26.1 Å². The van der Waals surface area contributed by atoms with E-state index in [0.29, 0.717) is 23.9 Å². The van der Waals surface area contributed by atoms with Crippen LogP contribution in [-0.4, -0.2) is 52.3 Å². The van der Waals surface area contributed by atoms with E-state index in [4.69, 9.17) is 0 Å². The van der Waals surface area contributed by atoms with Crippen LogP contribution in [0.4, 0.5) is 13.2 Å². The number of thiazole rings is 1. The van der Waals surface area contributed by atoms with E-state index in [1.807, 2.05) is 24.1 Å². The number of guanidine groups is 1. The smallest absolute Gasteiger partial charge is 0.356 e. The van der Waals surface area contributed by atoms with Crippen molar-refractivity contribution < 1.29 is 13.2 Å². The average molecular weight is 400 g/mol. The van der Waals surface area contributed by atoms with Gasteiger partial charge in [-0.3, -0.25) is 9.67 Å². The highest BCUT2D eigenvalue weighted by Gasteiger charge is 2.33. The number of aliphatic imine (C=N–C) groups is 1. The summed E-state index contributed by atoms with van der Waals surface area (Å²) < 4.78 is 39.6. The summed E-state index contributed by atoms with van der Waals surface area (Å²) in [6.45, 7) is 2.32. The molecule has 1 fully saturated rings. The summed E-state index contributed by atoms with van der Waals surface area (Å²) in [5, 5.41) is 8.98. The lowest BCUT2D eigenvalue weighted by atomic mass is 10.0. The fourth-order valence-electron chi connectivity index (χ4n) is 3.27. The minimum absolute atomic E-state index is 0.437. The van der Waals surface area contributed by atoms with Crippen LogP contribution in [0.1, 0.15) is 22.7 Å². The van der Waals surface area contributed by atoms with E-state index in [0.717, 1.165) is 48.6 Å². The molecule has 0 radical (unpaired) electrons. The number of rotatable bonds is 5. The zero-order valence-electron chi connectivity index (χ0n) is 15.3. The quantitative estimate of drug-likeness (QED) is 0.619. The van der Waals surface area contributed by atoms with Gasteiger partial charge in [0.05, 0.1) is 11.2 Å². The summed E-state index contributed by atoms with van der Waals surface area (Å²) >= 11 is 1.04. The largest absolute Gasteiger partial charge is 0.434 e. The second-order valence-corrected chi connectivity index (χ2v) is 7.62. The molecule has 3 rings (SSSR count). The molecule has 10 heteroatoms. The van der Waals surface area contributed by atoms with Crippen LogP contribution >= 0.6 is 11.3 Å². The molecule has 2 aromatic rings. The molecule has 3 heterocycles. The van der Waals surface area contributed by atoms with E-state index in [9.17, 15) is 13.2 Å². The Morgan fingerprint density at radius 3 is 2.89 bits per heavy atom. The third-order valence-corrected chi connectivity index (χ3v) is 5.45. The summed E-state index contributed by atoms with van der Waals surface area (Å²) in [7, 11) is 3.64. The molecule has 1 N–H and O–H groups in total. The van der Waals surface area contributed by atoms with Gasteiger partial charge in [-0.05, 0) is 24.3 Å². The number of nitrogens with zero attached hydrogens (tertiary/aromatic N) is 5. The minimum Gasteiger partial charge on any atom is -0.356 e. The van der Waals surface area contributed by atoms with Crippen molar-refractivity contribution in [2.75, 3.05) is 26.7 Å². The molecule has 0 saturated carbocycles. The molecule has 0 aliphatic carbocycles. The third-order valence-electron chi connectivity index (χ3n) is 4.54. The maximum absolute atomic E-state index is 12.6. The molecule has 1 unspecified atom stereocenters. The molecule has 6 nitrogen and oxygen atoms in total. The number of alkyl halides is 3. The Hall–Kier alpha value is -2.10. The molecule has 1 atom stereocenters. The van der Waals surface area contributed by atoms with Crippen LogP contribution in [0.15, 0.2) is 22.8 Å². The molecule has 1 aliphatic rings. The van der Waals surface area contributed by atoms with Gasteiger partial charge < -0.3 is 10.2 Å². The normalized spacial score (nSPS) is 18.3. The van der Waals surface area contributed by atoms with Gasteiger partial charge in [-0.25, -0.2) is 4.98 Å². The second kappa shape index (κ2) is 8.28. The number of aryl methyl sites for hydroxylation is 1. The lowest BCUT2D eigenvalue weighted by Gasteiger charge is -2.21. The Labute approximate surface area is 160 Å². The number of likely N-dealkylation sites (tertiary alicyclic amines) is 1. The van der Waals surface area contributed by atoms with Crippen molar-refractivity contribution in [3.8, 4) is 0 Å². The fourth-order valence-corrected chi connectivity index (χ4v) is 4.08. The summed E-state index contributed by atoms with van der Waals surface area (Å²) in [5.74, 6) is 1.33. The first-order chi connectivity index (χ1) is 12.8. The van der Waals surface area contributed by atoms with Gasteiger partial charge >= 0.3 is 6.18 Å². The van der Waals surface area contributed by atoms with Gasteiger partial charge in [-0.15, -0.1) is 11.3 Å². The first-order valence-corrected chi connectivity index (χ1v) is 9.68. The van der Waals surface area contributed by atoms with Crippen LogP contribution < -0.4 is 5.32 Å². The molecule has 1 aliphatic heterocycles. The summed E-state index contributed by atoms with van der Waals surface area (Å²) in [5.41, 5.74) is 0.418.